The van der Waals surface area contributed by atoms with Crippen molar-refractivity contribution in [2.75, 3.05) is 31.8 Å². The number of ether oxygens (including phenoxy) is 3. The van der Waals surface area contributed by atoms with Gasteiger partial charge in [-0.1, -0.05) is 53.3 Å². The molecular formula is C25H23ClN2O4S. The molecule has 1 unspecified atom stereocenters. The first-order valence-electron chi connectivity index (χ1n) is 10.8. The molecule has 0 radical (unpaired) electrons. The van der Waals surface area contributed by atoms with Crippen LogP contribution in [0.25, 0.3) is 21.0 Å². The summed E-state index contributed by atoms with van der Waals surface area (Å²) >= 11 is 7.77. The van der Waals surface area contributed by atoms with Crippen LogP contribution in [0.3, 0.4) is 0 Å². The highest BCUT2D eigenvalue weighted by molar-refractivity contribution is 7.23. The third-order valence-electron chi connectivity index (χ3n) is 5.69. The van der Waals surface area contributed by atoms with Gasteiger partial charge in [0, 0.05) is 6.61 Å². The van der Waals surface area contributed by atoms with Crippen molar-refractivity contribution in [1.82, 2.24) is 4.98 Å². The summed E-state index contributed by atoms with van der Waals surface area (Å²) in [6, 6.07) is 17.4. The molecule has 2 heterocycles. The Morgan fingerprint density at radius 3 is 2.85 bits per heavy atom. The van der Waals surface area contributed by atoms with Crippen molar-refractivity contribution >= 4 is 55.0 Å². The Hall–Kier alpha value is -2.87. The van der Waals surface area contributed by atoms with Crippen molar-refractivity contribution in [2.24, 2.45) is 0 Å². The summed E-state index contributed by atoms with van der Waals surface area (Å²) in [5.41, 5.74) is 0.644. The number of rotatable bonds is 7. The monoisotopic (exact) mass is 482 g/mol. The van der Waals surface area contributed by atoms with Gasteiger partial charge >= 0.3 is 0 Å². The van der Waals surface area contributed by atoms with E-state index in [1.165, 1.54) is 11.3 Å². The van der Waals surface area contributed by atoms with Gasteiger partial charge in [-0.15, -0.1) is 0 Å². The Labute approximate surface area is 200 Å². The van der Waals surface area contributed by atoms with Crippen LogP contribution in [0.15, 0.2) is 54.6 Å². The summed E-state index contributed by atoms with van der Waals surface area (Å²) in [4.78, 5) is 19.7. The predicted octanol–water partition coefficient (Wildman–Crippen LogP) is 5.70. The van der Waals surface area contributed by atoms with Crippen LogP contribution >= 0.6 is 22.9 Å². The smallest absolute Gasteiger partial charge is 0.266 e. The minimum Gasteiger partial charge on any atom is -0.494 e. The molecule has 170 valence electrons. The highest BCUT2D eigenvalue weighted by Crippen LogP contribution is 2.39. The molecule has 5 rings (SSSR count). The van der Waals surface area contributed by atoms with E-state index >= 15 is 0 Å². The average Bonchev–Trinajstić information content (AvgIpc) is 3.52. The highest BCUT2D eigenvalue weighted by atomic mass is 35.5. The maximum atomic E-state index is 13.3. The zero-order valence-corrected chi connectivity index (χ0v) is 19.7. The third kappa shape index (κ3) is 4.62. The van der Waals surface area contributed by atoms with E-state index in [1.54, 1.807) is 24.1 Å². The second-order valence-corrected chi connectivity index (χ2v) is 9.25. The molecule has 0 aliphatic carbocycles. The number of anilines is 1. The number of hydrogen-bond donors (Lipinski definition) is 0. The van der Waals surface area contributed by atoms with Crippen molar-refractivity contribution in [3.05, 3.63) is 59.6 Å². The number of nitrogens with zero attached hydrogens (tertiary/aromatic N) is 2. The van der Waals surface area contributed by atoms with Crippen LogP contribution in [0.4, 0.5) is 5.13 Å². The van der Waals surface area contributed by atoms with Crippen molar-refractivity contribution in [2.45, 2.75) is 18.9 Å². The van der Waals surface area contributed by atoms with Crippen LogP contribution in [-0.2, 0) is 9.53 Å². The summed E-state index contributed by atoms with van der Waals surface area (Å²) in [5.74, 6) is 1.08. The first-order chi connectivity index (χ1) is 16.1. The number of amides is 1. The van der Waals surface area contributed by atoms with Gasteiger partial charge in [-0.25, -0.2) is 4.98 Å². The number of fused-ring (bicyclic) bond motifs is 2. The predicted molar refractivity (Wildman–Crippen MR) is 132 cm³/mol. The van der Waals surface area contributed by atoms with Crippen molar-refractivity contribution in [3.63, 3.8) is 0 Å². The van der Waals surface area contributed by atoms with Crippen LogP contribution in [0.1, 0.15) is 12.8 Å². The zero-order chi connectivity index (χ0) is 22.8. The Morgan fingerprint density at radius 2 is 2.06 bits per heavy atom. The fraction of sp³-hybridized carbons (Fsp3) is 0.280. The molecule has 0 saturated carbocycles. The molecule has 1 saturated heterocycles. The fourth-order valence-electron chi connectivity index (χ4n) is 3.98. The Bertz CT molecular complexity index is 1300. The number of halogens is 1. The number of carbonyl (C=O) groups is 1. The van der Waals surface area contributed by atoms with Gasteiger partial charge < -0.3 is 14.2 Å². The van der Waals surface area contributed by atoms with Crippen molar-refractivity contribution in [1.29, 1.82) is 0 Å². The topological polar surface area (TPSA) is 60.9 Å². The number of methoxy groups -OCH3 is 1. The van der Waals surface area contributed by atoms with Gasteiger partial charge in [-0.2, -0.15) is 0 Å². The maximum absolute atomic E-state index is 13.3. The standard InChI is InChI=1S/C25H23ClN2O4S/c1-30-21-11-10-20(26)24-23(21)27-25(33-24)28(14-19-7-4-12-31-19)22(29)15-32-18-9-8-16-5-2-3-6-17(16)13-18/h2-3,5-6,8-11,13,19H,4,7,12,14-15H2,1H3. The minimum absolute atomic E-state index is 0.0287. The molecule has 33 heavy (non-hydrogen) atoms. The quantitative estimate of drug-likeness (QED) is 0.338. The third-order valence-corrected chi connectivity index (χ3v) is 7.23. The molecule has 3 aromatic carbocycles. The molecule has 0 N–H and O–H groups in total. The van der Waals surface area contributed by atoms with Crippen LogP contribution in [-0.4, -0.2) is 43.9 Å². The number of hydrogen-bond acceptors (Lipinski definition) is 6. The van der Waals surface area contributed by atoms with Gasteiger partial charge in [0.1, 0.15) is 17.0 Å². The van der Waals surface area contributed by atoms with Gasteiger partial charge in [-0.05, 0) is 47.9 Å². The van der Waals surface area contributed by atoms with Gasteiger partial charge in [-0.3, -0.25) is 9.69 Å². The lowest BCUT2D eigenvalue weighted by atomic mass is 10.1. The normalized spacial score (nSPS) is 15.8. The summed E-state index contributed by atoms with van der Waals surface area (Å²) < 4.78 is 17.9. The van der Waals surface area contributed by atoms with E-state index in [4.69, 9.17) is 30.8 Å². The fourth-order valence-corrected chi connectivity index (χ4v) is 5.26. The second-order valence-electron chi connectivity index (χ2n) is 7.86. The first-order valence-corrected chi connectivity index (χ1v) is 12.0. The van der Waals surface area contributed by atoms with Crippen LogP contribution in [0.5, 0.6) is 11.5 Å². The lowest BCUT2D eigenvalue weighted by Crippen LogP contribution is -2.40. The maximum Gasteiger partial charge on any atom is 0.266 e. The lowest BCUT2D eigenvalue weighted by Gasteiger charge is -2.23. The molecule has 1 aliphatic heterocycles. The minimum atomic E-state index is -0.187. The molecule has 0 spiro atoms. The summed E-state index contributed by atoms with van der Waals surface area (Å²) in [7, 11) is 1.59. The van der Waals surface area contributed by atoms with Gasteiger partial charge in [0.05, 0.1) is 29.5 Å². The van der Waals surface area contributed by atoms with E-state index < -0.39 is 0 Å². The van der Waals surface area contributed by atoms with Crippen molar-refractivity contribution < 1.29 is 19.0 Å². The summed E-state index contributed by atoms with van der Waals surface area (Å²) in [6.45, 7) is 1.02. The zero-order valence-electron chi connectivity index (χ0n) is 18.1. The van der Waals surface area contributed by atoms with Crippen LogP contribution in [0, 0.1) is 0 Å². The molecule has 1 atom stereocenters. The van der Waals surface area contributed by atoms with E-state index in [2.05, 4.69) is 0 Å². The average molecular weight is 483 g/mol. The number of thiazole rings is 1. The van der Waals surface area contributed by atoms with Gasteiger partial charge in [0.15, 0.2) is 11.7 Å². The Balaban J connectivity index is 1.41. The number of carbonyl (C=O) groups excluding carboxylic acids is 1. The molecule has 1 aromatic heterocycles. The molecule has 8 heteroatoms. The molecule has 1 amide bonds. The lowest BCUT2D eigenvalue weighted by molar-refractivity contribution is -0.120. The van der Waals surface area contributed by atoms with Crippen LogP contribution < -0.4 is 14.4 Å². The molecule has 6 nitrogen and oxygen atoms in total. The SMILES string of the molecule is COc1ccc(Cl)c2sc(N(CC3CCCO3)C(=O)COc3ccc4ccccc4c3)nc12. The molecule has 1 fully saturated rings. The summed E-state index contributed by atoms with van der Waals surface area (Å²) in [6.07, 6.45) is 1.86. The molecule has 4 aromatic rings. The van der Waals surface area contributed by atoms with E-state index in [1.807, 2.05) is 42.5 Å². The highest BCUT2D eigenvalue weighted by Gasteiger charge is 2.27. The molecule has 0 bridgehead atoms. The molecule has 1 aliphatic rings. The van der Waals surface area contributed by atoms with Crippen LogP contribution in [0.2, 0.25) is 5.02 Å². The van der Waals surface area contributed by atoms with Gasteiger partial charge in [0.25, 0.3) is 5.91 Å². The van der Waals surface area contributed by atoms with E-state index in [9.17, 15) is 4.79 Å². The summed E-state index contributed by atoms with van der Waals surface area (Å²) in [5, 5.41) is 3.31. The second kappa shape index (κ2) is 9.55. The van der Waals surface area contributed by atoms with E-state index in [0.717, 1.165) is 28.3 Å². The van der Waals surface area contributed by atoms with Crippen molar-refractivity contribution in [3.8, 4) is 11.5 Å². The first kappa shape index (κ1) is 21.9. The van der Waals surface area contributed by atoms with Gasteiger partial charge in [0.2, 0.25) is 0 Å². The van der Waals surface area contributed by atoms with E-state index in [0.29, 0.717) is 40.3 Å². The molecular weight excluding hydrogens is 460 g/mol. The number of benzene rings is 3. The Kier molecular flexibility index (Phi) is 6.35. The Morgan fingerprint density at radius 1 is 1.21 bits per heavy atom. The largest absolute Gasteiger partial charge is 0.494 e. The van der Waals surface area contributed by atoms with E-state index in [-0.39, 0.29) is 18.6 Å². The number of aromatic nitrogens is 1.